The number of nitrogens with zero attached hydrogens (tertiary/aromatic N) is 1. The molecule has 1 aromatic heterocycles. The summed E-state index contributed by atoms with van der Waals surface area (Å²) >= 11 is 5.42. The zero-order chi connectivity index (χ0) is 14.3. The summed E-state index contributed by atoms with van der Waals surface area (Å²) in [5.74, 6) is 0. The maximum atomic E-state index is 12.8. The Bertz CT molecular complexity index is 692. The lowest BCUT2D eigenvalue weighted by molar-refractivity contribution is -0.141. The van der Waals surface area contributed by atoms with E-state index in [1.807, 2.05) is 0 Å². The lowest BCUT2D eigenvalue weighted by Gasteiger charge is -2.13. The van der Waals surface area contributed by atoms with Crippen LogP contribution in [-0.2, 0) is 16.2 Å². The zero-order valence-electron chi connectivity index (χ0n) is 9.23. The number of halogens is 4. The molecule has 3 nitrogen and oxygen atoms in total. The predicted molar refractivity (Wildman–Crippen MR) is 63.5 cm³/mol. The van der Waals surface area contributed by atoms with Crippen LogP contribution in [-0.4, -0.2) is 12.4 Å². The summed E-state index contributed by atoms with van der Waals surface area (Å²) in [6.45, 7) is 0. The van der Waals surface area contributed by atoms with E-state index in [0.29, 0.717) is 0 Å². The van der Waals surface area contributed by atoms with E-state index in [4.69, 9.17) is 11.6 Å². The highest BCUT2D eigenvalue weighted by Crippen LogP contribution is 2.37. The molecule has 8 heteroatoms. The van der Waals surface area contributed by atoms with Gasteiger partial charge in [0.2, 0.25) is 0 Å². The first-order valence-corrected chi connectivity index (χ1v) is 6.81. The van der Waals surface area contributed by atoms with E-state index in [1.165, 1.54) is 24.3 Å². The van der Waals surface area contributed by atoms with Gasteiger partial charge in [-0.1, -0.05) is 29.8 Å². The highest BCUT2D eigenvalue weighted by molar-refractivity contribution is 7.90. The minimum absolute atomic E-state index is 0.144. The number of alkyl halides is 3. The number of aromatic nitrogens is 1. The maximum absolute atomic E-state index is 12.8. The first kappa shape index (κ1) is 14.0. The van der Waals surface area contributed by atoms with Crippen LogP contribution in [0.25, 0.3) is 0 Å². The smallest absolute Gasteiger partial charge is 0.235 e. The van der Waals surface area contributed by atoms with E-state index in [1.54, 1.807) is 6.07 Å². The maximum Gasteiger partial charge on any atom is 0.433 e. The molecule has 0 spiro atoms. The van der Waals surface area contributed by atoms with E-state index in [0.717, 1.165) is 12.3 Å². The summed E-state index contributed by atoms with van der Waals surface area (Å²) < 4.78 is 62.8. The van der Waals surface area contributed by atoms with Crippen molar-refractivity contribution in [1.29, 1.82) is 0 Å². The molecule has 0 aliphatic rings. The molecule has 19 heavy (non-hydrogen) atoms. The van der Waals surface area contributed by atoms with Crippen LogP contribution in [0.2, 0.25) is 5.02 Å². The lowest BCUT2D eigenvalue weighted by Crippen LogP contribution is -2.20. The molecule has 0 radical (unpaired) electrons. The van der Waals surface area contributed by atoms with Gasteiger partial charge < -0.3 is 0 Å². The average molecular weight is 310 g/mol. The van der Waals surface area contributed by atoms with Crippen molar-refractivity contribution in [3.8, 4) is 0 Å². The Hall–Kier alpha value is -1.47. The second kappa shape index (κ2) is 4.57. The van der Waals surface area contributed by atoms with Crippen LogP contribution in [0, 0.1) is 0 Å². The Morgan fingerprint density at radius 3 is 2.16 bits per heavy atom. The predicted octanol–water partition coefficient (Wildman–Crippen LogP) is 3.40. The molecule has 0 atom stereocenters. The normalized spacial score (nSPS) is 12.6. The van der Waals surface area contributed by atoms with Crippen LogP contribution < -0.4 is 0 Å². The standard InChI is InChI=1S/C11H7ClF3NO2S/c12-9-6-7-16(10(9)11(13,14)15)19(17,18)8-4-2-1-3-5-8/h1-7H. The van der Waals surface area contributed by atoms with Crippen molar-refractivity contribution in [2.24, 2.45) is 0 Å². The first-order valence-electron chi connectivity index (χ1n) is 4.99. The Balaban J connectivity index is 2.68. The van der Waals surface area contributed by atoms with Gasteiger partial charge in [-0.05, 0) is 18.2 Å². The third kappa shape index (κ3) is 2.48. The molecule has 0 aliphatic carbocycles. The molecule has 102 valence electrons. The third-order valence-electron chi connectivity index (χ3n) is 2.37. The monoisotopic (exact) mass is 309 g/mol. The van der Waals surface area contributed by atoms with Gasteiger partial charge in [0, 0.05) is 6.20 Å². The van der Waals surface area contributed by atoms with Crippen molar-refractivity contribution in [1.82, 2.24) is 3.97 Å². The molecule has 2 rings (SSSR count). The minimum atomic E-state index is -4.86. The van der Waals surface area contributed by atoms with Crippen LogP contribution in [0.3, 0.4) is 0 Å². The van der Waals surface area contributed by atoms with Gasteiger partial charge in [-0.25, -0.2) is 12.4 Å². The molecule has 0 fully saturated rings. The Kier molecular flexibility index (Phi) is 3.36. The number of hydrogen-bond acceptors (Lipinski definition) is 2. The van der Waals surface area contributed by atoms with Crippen molar-refractivity contribution in [2.75, 3.05) is 0 Å². The van der Waals surface area contributed by atoms with Gasteiger partial charge in [0.05, 0.1) is 9.92 Å². The molecule has 0 unspecified atom stereocenters. The van der Waals surface area contributed by atoms with Crippen molar-refractivity contribution in [2.45, 2.75) is 11.1 Å². The highest BCUT2D eigenvalue weighted by atomic mass is 35.5. The van der Waals surface area contributed by atoms with Crippen molar-refractivity contribution >= 4 is 21.6 Å². The molecule has 0 aliphatic heterocycles. The van der Waals surface area contributed by atoms with Crippen molar-refractivity contribution < 1.29 is 21.6 Å². The van der Waals surface area contributed by atoms with Crippen LogP contribution in [0.1, 0.15) is 5.69 Å². The van der Waals surface area contributed by atoms with Gasteiger partial charge in [-0.15, -0.1) is 0 Å². The summed E-state index contributed by atoms with van der Waals surface area (Å²) in [5.41, 5.74) is -1.40. The molecule has 0 N–H and O–H groups in total. The quantitative estimate of drug-likeness (QED) is 0.853. The minimum Gasteiger partial charge on any atom is -0.235 e. The topological polar surface area (TPSA) is 39.1 Å². The summed E-state index contributed by atoms with van der Waals surface area (Å²) in [5, 5.41) is -0.660. The number of benzene rings is 1. The molecule has 1 aromatic carbocycles. The fourth-order valence-corrected chi connectivity index (χ4v) is 3.25. The molecule has 0 amide bonds. The van der Waals surface area contributed by atoms with Crippen LogP contribution in [0.15, 0.2) is 47.5 Å². The van der Waals surface area contributed by atoms with Gasteiger partial charge >= 0.3 is 6.18 Å². The highest BCUT2D eigenvalue weighted by Gasteiger charge is 2.40. The van der Waals surface area contributed by atoms with Crippen molar-refractivity contribution in [3.63, 3.8) is 0 Å². The molecular weight excluding hydrogens is 303 g/mol. The van der Waals surface area contributed by atoms with E-state index >= 15 is 0 Å². The second-order valence-electron chi connectivity index (χ2n) is 3.62. The van der Waals surface area contributed by atoms with Gasteiger partial charge in [0.1, 0.15) is 0 Å². The first-order chi connectivity index (χ1) is 8.74. The van der Waals surface area contributed by atoms with E-state index in [-0.39, 0.29) is 8.87 Å². The van der Waals surface area contributed by atoms with E-state index in [9.17, 15) is 21.6 Å². The Labute approximate surface area is 112 Å². The summed E-state index contributed by atoms with van der Waals surface area (Å²) in [6.07, 6.45) is -4.07. The van der Waals surface area contributed by atoms with Gasteiger partial charge in [-0.2, -0.15) is 13.2 Å². The van der Waals surface area contributed by atoms with Crippen LogP contribution in [0.4, 0.5) is 13.2 Å². The Morgan fingerprint density at radius 2 is 1.63 bits per heavy atom. The van der Waals surface area contributed by atoms with Gasteiger partial charge in [0.25, 0.3) is 10.0 Å². The van der Waals surface area contributed by atoms with Crippen LogP contribution >= 0.6 is 11.6 Å². The molecule has 0 bridgehead atoms. The fraction of sp³-hybridized carbons (Fsp3) is 0.0909. The van der Waals surface area contributed by atoms with Gasteiger partial charge in [-0.3, -0.25) is 0 Å². The van der Waals surface area contributed by atoms with E-state index in [2.05, 4.69) is 0 Å². The summed E-state index contributed by atoms with van der Waals surface area (Å²) in [4.78, 5) is -0.243. The molecule has 2 aromatic rings. The molecular formula is C11H7ClF3NO2S. The zero-order valence-corrected chi connectivity index (χ0v) is 10.8. The average Bonchev–Trinajstić information content (AvgIpc) is 2.73. The SMILES string of the molecule is O=S(=O)(c1ccccc1)n1ccc(Cl)c1C(F)(F)F. The Morgan fingerprint density at radius 1 is 1.05 bits per heavy atom. The molecule has 1 heterocycles. The van der Waals surface area contributed by atoms with Gasteiger partial charge in [0.15, 0.2) is 5.69 Å². The number of rotatable bonds is 2. The summed E-state index contributed by atoms with van der Waals surface area (Å²) in [7, 11) is -4.32. The largest absolute Gasteiger partial charge is 0.433 e. The fourth-order valence-electron chi connectivity index (χ4n) is 1.56. The third-order valence-corrected chi connectivity index (χ3v) is 4.37. The van der Waals surface area contributed by atoms with Crippen molar-refractivity contribution in [3.05, 3.63) is 53.3 Å². The van der Waals surface area contributed by atoms with E-state index < -0.39 is 26.9 Å². The second-order valence-corrected chi connectivity index (χ2v) is 5.85. The number of hydrogen-bond donors (Lipinski definition) is 0. The molecule has 0 saturated heterocycles. The summed E-state index contributed by atoms with van der Waals surface area (Å²) in [6, 6.07) is 7.72. The molecule has 0 saturated carbocycles. The lowest BCUT2D eigenvalue weighted by atomic mass is 10.4. The van der Waals surface area contributed by atoms with Crippen LogP contribution in [0.5, 0.6) is 0 Å².